The number of likely N-dealkylation sites (tertiary alicyclic amines) is 1. The standard InChI is InChI=1S/C13H18N2O2/c1-13(17)7-4-8-15(9-13)12(16)10-5-2-3-6-11(10)14/h2-3,5-6,17H,4,7-9,14H2,1H3. The van der Waals surface area contributed by atoms with Gasteiger partial charge in [-0.05, 0) is 31.9 Å². The Morgan fingerprint density at radius 3 is 2.82 bits per heavy atom. The molecule has 1 aliphatic rings. The van der Waals surface area contributed by atoms with Crippen molar-refractivity contribution < 1.29 is 9.90 Å². The zero-order chi connectivity index (χ0) is 12.5. The molecule has 3 N–H and O–H groups in total. The largest absolute Gasteiger partial charge is 0.398 e. The highest BCUT2D eigenvalue weighted by Gasteiger charge is 2.31. The number of carbonyl (C=O) groups excluding carboxylic acids is 1. The van der Waals surface area contributed by atoms with Crippen molar-refractivity contribution in [2.24, 2.45) is 0 Å². The van der Waals surface area contributed by atoms with E-state index in [-0.39, 0.29) is 5.91 Å². The second-order valence-electron chi connectivity index (χ2n) is 4.91. The lowest BCUT2D eigenvalue weighted by atomic mass is 9.94. The van der Waals surface area contributed by atoms with Gasteiger partial charge in [-0.1, -0.05) is 12.1 Å². The third-order valence-corrected chi connectivity index (χ3v) is 3.15. The number of benzene rings is 1. The predicted octanol–water partition coefficient (Wildman–Crippen LogP) is 1.26. The molecule has 0 saturated carbocycles. The summed E-state index contributed by atoms with van der Waals surface area (Å²) >= 11 is 0. The first kappa shape index (κ1) is 11.9. The van der Waals surface area contributed by atoms with Crippen LogP contribution in [0.2, 0.25) is 0 Å². The topological polar surface area (TPSA) is 66.6 Å². The lowest BCUT2D eigenvalue weighted by Gasteiger charge is -2.37. The molecule has 1 aromatic rings. The Kier molecular flexibility index (Phi) is 3.07. The molecule has 1 aromatic carbocycles. The number of anilines is 1. The van der Waals surface area contributed by atoms with Gasteiger partial charge in [0, 0.05) is 18.8 Å². The molecule has 1 amide bonds. The zero-order valence-electron chi connectivity index (χ0n) is 10.0. The fourth-order valence-corrected chi connectivity index (χ4v) is 2.26. The Balaban J connectivity index is 2.18. The quantitative estimate of drug-likeness (QED) is 0.719. The monoisotopic (exact) mass is 234 g/mol. The van der Waals surface area contributed by atoms with E-state index in [2.05, 4.69) is 0 Å². The zero-order valence-corrected chi connectivity index (χ0v) is 10.0. The number of carbonyl (C=O) groups is 1. The van der Waals surface area contributed by atoms with E-state index in [0.29, 0.717) is 24.3 Å². The van der Waals surface area contributed by atoms with E-state index >= 15 is 0 Å². The van der Waals surface area contributed by atoms with Crippen LogP contribution in [0.25, 0.3) is 0 Å². The van der Waals surface area contributed by atoms with Crippen LogP contribution in [0.1, 0.15) is 30.1 Å². The van der Waals surface area contributed by atoms with Crippen LogP contribution in [-0.4, -0.2) is 34.6 Å². The summed E-state index contributed by atoms with van der Waals surface area (Å²) in [7, 11) is 0. The van der Waals surface area contributed by atoms with Crippen LogP contribution in [0.3, 0.4) is 0 Å². The number of piperidine rings is 1. The molecule has 1 atom stereocenters. The van der Waals surface area contributed by atoms with E-state index in [1.54, 1.807) is 36.1 Å². The van der Waals surface area contributed by atoms with Crippen LogP contribution in [0, 0.1) is 0 Å². The molecular formula is C13H18N2O2. The van der Waals surface area contributed by atoms with Gasteiger partial charge in [-0.25, -0.2) is 0 Å². The number of β-amino-alcohol motifs (C(OH)–C–C–N with tert-alkyl or cyclic N) is 1. The maximum atomic E-state index is 12.2. The summed E-state index contributed by atoms with van der Waals surface area (Å²) in [4.78, 5) is 13.9. The van der Waals surface area contributed by atoms with Gasteiger partial charge in [-0.3, -0.25) is 4.79 Å². The minimum Gasteiger partial charge on any atom is -0.398 e. The van der Waals surface area contributed by atoms with Crippen LogP contribution in [0.4, 0.5) is 5.69 Å². The van der Waals surface area contributed by atoms with Crippen LogP contribution in [-0.2, 0) is 0 Å². The number of rotatable bonds is 1. The Bertz CT molecular complexity index is 429. The van der Waals surface area contributed by atoms with Crippen LogP contribution >= 0.6 is 0 Å². The summed E-state index contributed by atoms with van der Waals surface area (Å²) in [5.41, 5.74) is 6.01. The van der Waals surface area contributed by atoms with Gasteiger partial charge >= 0.3 is 0 Å². The van der Waals surface area contributed by atoms with Gasteiger partial charge in [0.1, 0.15) is 0 Å². The lowest BCUT2D eigenvalue weighted by molar-refractivity contribution is -0.0107. The SMILES string of the molecule is CC1(O)CCCN(C(=O)c2ccccc2N)C1. The smallest absolute Gasteiger partial charge is 0.256 e. The lowest BCUT2D eigenvalue weighted by Crippen LogP contribution is -2.48. The van der Waals surface area contributed by atoms with Crippen molar-refractivity contribution in [1.29, 1.82) is 0 Å². The molecule has 0 spiro atoms. The second-order valence-corrected chi connectivity index (χ2v) is 4.91. The number of nitrogens with two attached hydrogens (primary N) is 1. The predicted molar refractivity (Wildman–Crippen MR) is 66.6 cm³/mol. The molecule has 1 unspecified atom stereocenters. The number of hydrogen-bond donors (Lipinski definition) is 2. The molecule has 0 aromatic heterocycles. The first-order valence-electron chi connectivity index (χ1n) is 5.86. The van der Waals surface area contributed by atoms with Crippen molar-refractivity contribution in [3.05, 3.63) is 29.8 Å². The van der Waals surface area contributed by atoms with Crippen molar-refractivity contribution >= 4 is 11.6 Å². The molecular weight excluding hydrogens is 216 g/mol. The van der Waals surface area contributed by atoms with Crippen molar-refractivity contribution in [3.63, 3.8) is 0 Å². The molecule has 0 aliphatic carbocycles. The van der Waals surface area contributed by atoms with E-state index in [0.717, 1.165) is 12.8 Å². The van der Waals surface area contributed by atoms with Crippen molar-refractivity contribution in [3.8, 4) is 0 Å². The number of nitrogens with zero attached hydrogens (tertiary/aromatic N) is 1. The average Bonchev–Trinajstić information content (AvgIpc) is 2.27. The number of para-hydroxylation sites is 1. The third-order valence-electron chi connectivity index (χ3n) is 3.15. The first-order chi connectivity index (χ1) is 7.99. The van der Waals surface area contributed by atoms with Gasteiger partial charge in [0.15, 0.2) is 0 Å². The number of amides is 1. The normalized spacial score (nSPS) is 24.7. The van der Waals surface area contributed by atoms with Gasteiger partial charge in [0.2, 0.25) is 0 Å². The third kappa shape index (κ3) is 2.58. The van der Waals surface area contributed by atoms with Gasteiger partial charge < -0.3 is 15.7 Å². The van der Waals surface area contributed by atoms with Gasteiger partial charge in [-0.2, -0.15) is 0 Å². The molecule has 17 heavy (non-hydrogen) atoms. The number of hydrogen-bond acceptors (Lipinski definition) is 3. The first-order valence-corrected chi connectivity index (χ1v) is 5.86. The van der Waals surface area contributed by atoms with E-state index in [1.165, 1.54) is 0 Å². The molecule has 1 saturated heterocycles. The highest BCUT2D eigenvalue weighted by Crippen LogP contribution is 2.23. The van der Waals surface area contributed by atoms with Gasteiger partial charge in [0.05, 0.1) is 11.2 Å². The fourth-order valence-electron chi connectivity index (χ4n) is 2.26. The molecule has 1 aliphatic heterocycles. The molecule has 0 bridgehead atoms. The average molecular weight is 234 g/mol. The molecule has 0 radical (unpaired) electrons. The highest BCUT2D eigenvalue weighted by molar-refractivity contribution is 5.99. The maximum Gasteiger partial charge on any atom is 0.256 e. The molecule has 92 valence electrons. The molecule has 1 heterocycles. The summed E-state index contributed by atoms with van der Waals surface area (Å²) < 4.78 is 0. The maximum absolute atomic E-state index is 12.2. The Labute approximate surface area is 101 Å². The Morgan fingerprint density at radius 1 is 1.47 bits per heavy atom. The van der Waals surface area contributed by atoms with E-state index in [9.17, 15) is 9.90 Å². The van der Waals surface area contributed by atoms with Crippen molar-refractivity contribution in [2.45, 2.75) is 25.4 Å². The summed E-state index contributed by atoms with van der Waals surface area (Å²) in [6.07, 6.45) is 1.56. The summed E-state index contributed by atoms with van der Waals surface area (Å²) in [6.45, 7) is 2.82. The number of nitrogen functional groups attached to an aromatic ring is 1. The molecule has 2 rings (SSSR count). The van der Waals surface area contributed by atoms with E-state index < -0.39 is 5.60 Å². The summed E-state index contributed by atoms with van der Waals surface area (Å²) in [5, 5.41) is 9.98. The van der Waals surface area contributed by atoms with Crippen LogP contribution < -0.4 is 5.73 Å². The minimum absolute atomic E-state index is 0.0944. The fraction of sp³-hybridized carbons (Fsp3) is 0.462. The van der Waals surface area contributed by atoms with E-state index in [1.807, 2.05) is 0 Å². The minimum atomic E-state index is -0.780. The van der Waals surface area contributed by atoms with E-state index in [4.69, 9.17) is 5.73 Å². The Hall–Kier alpha value is -1.55. The molecule has 4 heteroatoms. The number of aliphatic hydroxyl groups is 1. The van der Waals surface area contributed by atoms with Crippen LogP contribution in [0.5, 0.6) is 0 Å². The molecule has 4 nitrogen and oxygen atoms in total. The van der Waals surface area contributed by atoms with Crippen molar-refractivity contribution in [1.82, 2.24) is 4.90 Å². The second kappa shape index (κ2) is 4.37. The highest BCUT2D eigenvalue weighted by atomic mass is 16.3. The van der Waals surface area contributed by atoms with Crippen molar-refractivity contribution in [2.75, 3.05) is 18.8 Å². The van der Waals surface area contributed by atoms with Gasteiger partial charge in [0.25, 0.3) is 5.91 Å². The Morgan fingerprint density at radius 2 is 2.18 bits per heavy atom. The van der Waals surface area contributed by atoms with Gasteiger partial charge in [-0.15, -0.1) is 0 Å². The van der Waals surface area contributed by atoms with Crippen LogP contribution in [0.15, 0.2) is 24.3 Å². The molecule has 1 fully saturated rings. The summed E-state index contributed by atoms with van der Waals surface area (Å²) in [5.74, 6) is -0.0944. The summed E-state index contributed by atoms with van der Waals surface area (Å²) in [6, 6.07) is 7.04.